The van der Waals surface area contributed by atoms with Crippen molar-refractivity contribution in [3.05, 3.63) is 41.5 Å². The third-order valence-electron chi connectivity index (χ3n) is 3.27. The van der Waals surface area contributed by atoms with E-state index < -0.39 is 23.5 Å². The number of benzene rings is 2. The van der Waals surface area contributed by atoms with Gasteiger partial charge in [0.25, 0.3) is 0 Å². The highest BCUT2D eigenvalue weighted by molar-refractivity contribution is 7.80. The number of aromatic hydroxyl groups is 1. The summed E-state index contributed by atoms with van der Waals surface area (Å²) in [7, 11) is 1.44. The molecule has 2 N–H and O–H groups in total. The number of halogens is 3. The van der Waals surface area contributed by atoms with Crippen molar-refractivity contribution in [2.24, 2.45) is 0 Å². The number of fused-ring (bicyclic) bond motifs is 1. The van der Waals surface area contributed by atoms with E-state index in [1.807, 2.05) is 0 Å². The fraction of sp³-hybridized carbons (Fsp3) is 0.200. The zero-order valence-corrected chi connectivity index (χ0v) is 12.7. The van der Waals surface area contributed by atoms with Crippen molar-refractivity contribution >= 4 is 33.9 Å². The summed E-state index contributed by atoms with van der Waals surface area (Å²) in [6.45, 7) is -0.376. The van der Waals surface area contributed by atoms with Crippen molar-refractivity contribution < 1.29 is 28.2 Å². The van der Waals surface area contributed by atoms with E-state index in [1.165, 1.54) is 36.2 Å². The number of rotatable bonds is 3. The number of likely N-dealkylation sites (N-methyl/N-ethyl adjacent to an activating group) is 1. The Labute approximate surface area is 134 Å². The SMILES string of the molecule is CN(CC(=O)O)C(=S)c1cccc2c(C(F)(F)F)c(O)ccc12. The number of phenols is 1. The Hall–Kier alpha value is -2.35. The fourth-order valence-electron chi connectivity index (χ4n) is 2.31. The van der Waals surface area contributed by atoms with E-state index in [4.69, 9.17) is 17.3 Å². The number of carboxylic acid groups (broad SMARTS) is 1. The average Bonchev–Trinajstić information content (AvgIpc) is 2.43. The summed E-state index contributed by atoms with van der Waals surface area (Å²) in [4.78, 5) is 12.1. The van der Waals surface area contributed by atoms with Crippen LogP contribution in [-0.4, -0.2) is 39.7 Å². The molecule has 2 rings (SSSR count). The van der Waals surface area contributed by atoms with Crippen LogP contribution in [0.2, 0.25) is 0 Å². The van der Waals surface area contributed by atoms with E-state index in [1.54, 1.807) is 0 Å². The quantitative estimate of drug-likeness (QED) is 0.838. The van der Waals surface area contributed by atoms with Gasteiger partial charge in [-0.2, -0.15) is 13.2 Å². The Morgan fingerprint density at radius 3 is 2.43 bits per heavy atom. The molecule has 0 saturated heterocycles. The Balaban J connectivity index is 2.65. The Morgan fingerprint density at radius 1 is 1.22 bits per heavy atom. The Morgan fingerprint density at radius 2 is 1.87 bits per heavy atom. The lowest BCUT2D eigenvalue weighted by atomic mass is 9.98. The molecule has 0 aliphatic carbocycles. The van der Waals surface area contributed by atoms with Gasteiger partial charge in [-0.15, -0.1) is 0 Å². The lowest BCUT2D eigenvalue weighted by Gasteiger charge is -2.20. The minimum atomic E-state index is -4.73. The molecule has 23 heavy (non-hydrogen) atoms. The molecular formula is C15H12F3NO3S. The number of alkyl halides is 3. The number of phenolic OH excluding ortho intramolecular Hbond substituents is 1. The van der Waals surface area contributed by atoms with Gasteiger partial charge in [-0.3, -0.25) is 4.79 Å². The molecule has 0 radical (unpaired) electrons. The van der Waals surface area contributed by atoms with Crippen molar-refractivity contribution in [1.82, 2.24) is 4.90 Å². The van der Waals surface area contributed by atoms with Crippen LogP contribution in [0.5, 0.6) is 5.75 Å². The summed E-state index contributed by atoms with van der Waals surface area (Å²) < 4.78 is 39.5. The second kappa shape index (κ2) is 6.04. The van der Waals surface area contributed by atoms with Gasteiger partial charge >= 0.3 is 12.1 Å². The van der Waals surface area contributed by atoms with Gasteiger partial charge < -0.3 is 15.1 Å². The van der Waals surface area contributed by atoms with Crippen LogP contribution >= 0.6 is 12.2 Å². The number of carbonyl (C=O) groups is 1. The lowest BCUT2D eigenvalue weighted by Crippen LogP contribution is -2.31. The first-order chi connectivity index (χ1) is 10.6. The molecule has 0 amide bonds. The molecule has 122 valence electrons. The van der Waals surface area contributed by atoms with Crippen LogP contribution in [-0.2, 0) is 11.0 Å². The van der Waals surface area contributed by atoms with Gasteiger partial charge in [-0.1, -0.05) is 30.4 Å². The summed E-state index contributed by atoms with van der Waals surface area (Å²) in [6.07, 6.45) is -4.73. The van der Waals surface area contributed by atoms with Crippen LogP contribution in [0.15, 0.2) is 30.3 Å². The molecule has 0 saturated carbocycles. The maximum absolute atomic E-state index is 13.2. The normalized spacial score (nSPS) is 11.5. The van der Waals surface area contributed by atoms with Gasteiger partial charge in [0, 0.05) is 12.6 Å². The van der Waals surface area contributed by atoms with E-state index in [0.29, 0.717) is 5.56 Å². The summed E-state index contributed by atoms with van der Waals surface area (Å²) >= 11 is 5.18. The van der Waals surface area contributed by atoms with Crippen LogP contribution in [0.3, 0.4) is 0 Å². The molecule has 0 aromatic heterocycles. The zero-order chi connectivity index (χ0) is 17.4. The largest absolute Gasteiger partial charge is 0.507 e. The molecular weight excluding hydrogens is 331 g/mol. The number of nitrogens with zero attached hydrogens (tertiary/aromatic N) is 1. The number of carboxylic acids is 1. The van der Waals surface area contributed by atoms with Gasteiger partial charge in [-0.05, 0) is 22.9 Å². The average molecular weight is 343 g/mol. The number of hydrogen-bond acceptors (Lipinski definition) is 3. The van der Waals surface area contributed by atoms with Crippen LogP contribution < -0.4 is 0 Å². The minimum absolute atomic E-state index is 0.108. The standard InChI is InChI=1S/C15H12F3NO3S/c1-19(7-12(21)22)14(23)10-4-2-3-9-8(10)5-6-11(20)13(9)15(16,17)18/h2-6,20H,7H2,1H3,(H,21,22). The first-order valence-corrected chi connectivity index (χ1v) is 6.83. The zero-order valence-electron chi connectivity index (χ0n) is 11.9. The van der Waals surface area contributed by atoms with E-state index >= 15 is 0 Å². The molecule has 2 aromatic rings. The summed E-state index contributed by atoms with van der Waals surface area (Å²) in [5.41, 5.74) is -0.840. The van der Waals surface area contributed by atoms with Crippen molar-refractivity contribution in [2.45, 2.75) is 6.18 Å². The minimum Gasteiger partial charge on any atom is -0.507 e. The Kier molecular flexibility index (Phi) is 4.46. The summed E-state index contributed by atoms with van der Waals surface area (Å²) in [5, 5.41) is 18.4. The van der Waals surface area contributed by atoms with Crippen LogP contribution in [0.4, 0.5) is 13.2 Å². The highest BCUT2D eigenvalue weighted by Crippen LogP contribution is 2.41. The van der Waals surface area contributed by atoms with E-state index in [9.17, 15) is 23.1 Å². The third kappa shape index (κ3) is 3.37. The topological polar surface area (TPSA) is 60.8 Å². The van der Waals surface area contributed by atoms with Crippen molar-refractivity contribution in [2.75, 3.05) is 13.6 Å². The van der Waals surface area contributed by atoms with Crippen LogP contribution in [0, 0.1) is 0 Å². The summed E-state index contributed by atoms with van der Waals surface area (Å²) in [5.74, 6) is -1.98. The van der Waals surface area contributed by atoms with Crippen molar-refractivity contribution in [3.8, 4) is 5.75 Å². The molecule has 8 heteroatoms. The maximum Gasteiger partial charge on any atom is 0.420 e. The van der Waals surface area contributed by atoms with Gasteiger partial charge in [0.05, 0.1) is 0 Å². The number of hydrogen-bond donors (Lipinski definition) is 2. The van der Waals surface area contributed by atoms with Crippen molar-refractivity contribution in [1.29, 1.82) is 0 Å². The second-order valence-corrected chi connectivity index (χ2v) is 5.30. The maximum atomic E-state index is 13.2. The molecule has 0 unspecified atom stereocenters. The van der Waals surface area contributed by atoms with Gasteiger partial charge in [-0.25, -0.2) is 0 Å². The monoisotopic (exact) mass is 343 g/mol. The highest BCUT2D eigenvalue weighted by atomic mass is 32.1. The highest BCUT2D eigenvalue weighted by Gasteiger charge is 2.36. The predicted molar refractivity (Wildman–Crippen MR) is 82.6 cm³/mol. The molecule has 0 fully saturated rings. The first kappa shape index (κ1) is 17.0. The number of thiocarbonyl (C=S) groups is 1. The van der Waals surface area contributed by atoms with Gasteiger partial charge in [0.1, 0.15) is 22.8 Å². The molecule has 0 aliphatic rings. The third-order valence-corrected chi connectivity index (χ3v) is 3.80. The first-order valence-electron chi connectivity index (χ1n) is 6.42. The van der Waals surface area contributed by atoms with Crippen LogP contribution in [0.1, 0.15) is 11.1 Å². The van der Waals surface area contributed by atoms with Gasteiger partial charge in [0.2, 0.25) is 0 Å². The molecule has 0 aliphatic heterocycles. The predicted octanol–water partition coefficient (Wildman–Crippen LogP) is 3.26. The van der Waals surface area contributed by atoms with Gasteiger partial charge in [0.15, 0.2) is 0 Å². The molecule has 0 atom stereocenters. The van der Waals surface area contributed by atoms with E-state index in [0.717, 1.165) is 6.07 Å². The second-order valence-electron chi connectivity index (χ2n) is 4.91. The van der Waals surface area contributed by atoms with Crippen molar-refractivity contribution in [3.63, 3.8) is 0 Å². The van der Waals surface area contributed by atoms with Crippen LogP contribution in [0.25, 0.3) is 10.8 Å². The Bertz CT molecular complexity index is 789. The smallest absolute Gasteiger partial charge is 0.420 e. The molecule has 2 aromatic carbocycles. The number of aliphatic carboxylic acids is 1. The molecule has 0 heterocycles. The van der Waals surface area contributed by atoms with E-state index in [-0.39, 0.29) is 22.3 Å². The fourth-order valence-corrected chi connectivity index (χ4v) is 2.55. The summed E-state index contributed by atoms with van der Waals surface area (Å²) in [6, 6.07) is 6.42. The lowest BCUT2D eigenvalue weighted by molar-refractivity contribution is -0.138. The van der Waals surface area contributed by atoms with E-state index in [2.05, 4.69) is 0 Å². The molecule has 4 nitrogen and oxygen atoms in total. The molecule has 0 bridgehead atoms. The molecule has 0 spiro atoms.